The van der Waals surface area contributed by atoms with Crippen molar-refractivity contribution < 1.29 is 4.39 Å². The highest BCUT2D eigenvalue weighted by Crippen LogP contribution is 2.28. The molecule has 0 bridgehead atoms. The van der Waals surface area contributed by atoms with Crippen LogP contribution in [-0.4, -0.2) is 29.1 Å². The number of nitrogens with two attached hydrogens (primary N) is 1. The number of hydrogen-bond acceptors (Lipinski definition) is 4. The first-order valence-corrected chi connectivity index (χ1v) is 7.72. The zero-order chi connectivity index (χ0) is 15.7. The highest BCUT2D eigenvalue weighted by molar-refractivity contribution is 5.61. The molecule has 4 nitrogen and oxygen atoms in total. The summed E-state index contributed by atoms with van der Waals surface area (Å²) in [5.41, 5.74) is 8.83. The highest BCUT2D eigenvalue weighted by atomic mass is 19.1. The standard InChI is InChI=1S/C17H21FN4/c1-3-15-11(2)20-16(12-5-4-6-13(18)9-12)21-17(15)22-8-7-14(19)10-22/h4-6,9,14H,3,7-8,10,19H2,1-2H3. The second-order valence-corrected chi connectivity index (χ2v) is 5.79. The summed E-state index contributed by atoms with van der Waals surface area (Å²) in [5.74, 6) is 1.25. The second-order valence-electron chi connectivity index (χ2n) is 5.79. The number of nitrogens with zero attached hydrogens (tertiary/aromatic N) is 3. The maximum absolute atomic E-state index is 13.5. The van der Waals surface area contributed by atoms with E-state index in [4.69, 9.17) is 10.7 Å². The molecule has 1 fully saturated rings. The number of rotatable bonds is 3. The number of hydrogen-bond donors (Lipinski definition) is 1. The van der Waals surface area contributed by atoms with Crippen LogP contribution in [0, 0.1) is 12.7 Å². The lowest BCUT2D eigenvalue weighted by Gasteiger charge is -2.22. The molecular formula is C17H21FN4. The van der Waals surface area contributed by atoms with Gasteiger partial charge in [-0.1, -0.05) is 19.1 Å². The molecule has 0 aliphatic carbocycles. The van der Waals surface area contributed by atoms with Crippen molar-refractivity contribution in [1.29, 1.82) is 0 Å². The van der Waals surface area contributed by atoms with Crippen LogP contribution in [-0.2, 0) is 6.42 Å². The van der Waals surface area contributed by atoms with Crippen LogP contribution in [0.4, 0.5) is 10.2 Å². The van der Waals surface area contributed by atoms with Crippen LogP contribution in [0.25, 0.3) is 11.4 Å². The van der Waals surface area contributed by atoms with E-state index < -0.39 is 0 Å². The predicted octanol–water partition coefficient (Wildman–Crippen LogP) is 2.69. The van der Waals surface area contributed by atoms with Gasteiger partial charge >= 0.3 is 0 Å². The van der Waals surface area contributed by atoms with Gasteiger partial charge in [-0.3, -0.25) is 0 Å². The van der Waals surface area contributed by atoms with Crippen molar-refractivity contribution in [3.05, 3.63) is 41.3 Å². The Bertz CT molecular complexity index is 686. The minimum absolute atomic E-state index is 0.192. The number of anilines is 1. The Hall–Kier alpha value is -2.01. The van der Waals surface area contributed by atoms with E-state index in [1.807, 2.05) is 13.0 Å². The summed E-state index contributed by atoms with van der Waals surface area (Å²) >= 11 is 0. The van der Waals surface area contributed by atoms with Gasteiger partial charge in [0.25, 0.3) is 0 Å². The van der Waals surface area contributed by atoms with Crippen molar-refractivity contribution in [1.82, 2.24) is 9.97 Å². The molecule has 1 aromatic carbocycles. The molecule has 0 amide bonds. The first-order valence-electron chi connectivity index (χ1n) is 7.72. The van der Waals surface area contributed by atoms with Crippen LogP contribution in [0.1, 0.15) is 24.6 Å². The topological polar surface area (TPSA) is 55.0 Å². The molecule has 1 aliphatic rings. The third-order valence-electron chi connectivity index (χ3n) is 4.15. The van der Waals surface area contributed by atoms with E-state index in [-0.39, 0.29) is 11.9 Å². The van der Waals surface area contributed by atoms with Gasteiger partial charge in [-0.2, -0.15) is 0 Å². The minimum Gasteiger partial charge on any atom is -0.355 e. The summed E-state index contributed by atoms with van der Waals surface area (Å²) in [6, 6.07) is 6.61. The number of halogens is 1. The Kier molecular flexibility index (Phi) is 4.07. The third kappa shape index (κ3) is 2.81. The highest BCUT2D eigenvalue weighted by Gasteiger charge is 2.24. The average molecular weight is 300 g/mol. The molecule has 1 unspecified atom stereocenters. The van der Waals surface area contributed by atoms with E-state index >= 15 is 0 Å². The Morgan fingerprint density at radius 3 is 2.82 bits per heavy atom. The van der Waals surface area contributed by atoms with Gasteiger partial charge in [0.2, 0.25) is 0 Å². The molecule has 2 heterocycles. The Morgan fingerprint density at radius 1 is 1.36 bits per heavy atom. The zero-order valence-corrected chi connectivity index (χ0v) is 13.0. The SMILES string of the molecule is CCc1c(C)nc(-c2cccc(F)c2)nc1N1CCC(N)C1. The molecule has 0 spiro atoms. The van der Waals surface area contributed by atoms with E-state index in [2.05, 4.69) is 16.8 Å². The summed E-state index contributed by atoms with van der Waals surface area (Å²) < 4.78 is 13.5. The lowest BCUT2D eigenvalue weighted by Crippen LogP contribution is -2.28. The average Bonchev–Trinajstić information content (AvgIpc) is 2.93. The molecule has 1 atom stereocenters. The molecule has 0 saturated carbocycles. The van der Waals surface area contributed by atoms with Crippen LogP contribution >= 0.6 is 0 Å². The van der Waals surface area contributed by atoms with Gasteiger partial charge in [0.05, 0.1) is 0 Å². The number of aryl methyl sites for hydroxylation is 1. The van der Waals surface area contributed by atoms with Crippen LogP contribution in [0.5, 0.6) is 0 Å². The van der Waals surface area contributed by atoms with Crippen molar-refractivity contribution in [3.8, 4) is 11.4 Å². The molecule has 3 rings (SSSR count). The summed E-state index contributed by atoms with van der Waals surface area (Å²) in [7, 11) is 0. The van der Waals surface area contributed by atoms with E-state index in [0.717, 1.165) is 43.0 Å². The van der Waals surface area contributed by atoms with Crippen LogP contribution in [0.2, 0.25) is 0 Å². The fourth-order valence-electron chi connectivity index (χ4n) is 2.99. The van der Waals surface area contributed by atoms with Crippen molar-refractivity contribution in [3.63, 3.8) is 0 Å². The predicted molar refractivity (Wildman–Crippen MR) is 86.3 cm³/mol. The molecular weight excluding hydrogens is 279 g/mol. The summed E-state index contributed by atoms with van der Waals surface area (Å²) in [6.45, 7) is 5.81. The largest absolute Gasteiger partial charge is 0.355 e. The lowest BCUT2D eigenvalue weighted by atomic mass is 10.1. The maximum atomic E-state index is 13.5. The molecule has 1 saturated heterocycles. The van der Waals surface area contributed by atoms with Gasteiger partial charge < -0.3 is 10.6 Å². The van der Waals surface area contributed by atoms with Crippen molar-refractivity contribution >= 4 is 5.82 Å². The van der Waals surface area contributed by atoms with E-state index in [1.165, 1.54) is 12.1 Å². The van der Waals surface area contributed by atoms with Gasteiger partial charge in [0, 0.05) is 36.0 Å². The van der Waals surface area contributed by atoms with Crippen molar-refractivity contribution in [2.75, 3.05) is 18.0 Å². The van der Waals surface area contributed by atoms with Crippen molar-refractivity contribution in [2.24, 2.45) is 5.73 Å². The van der Waals surface area contributed by atoms with E-state index in [9.17, 15) is 4.39 Å². The summed E-state index contributed by atoms with van der Waals surface area (Å²) in [4.78, 5) is 11.5. The first-order chi connectivity index (χ1) is 10.6. The maximum Gasteiger partial charge on any atom is 0.161 e. The van der Waals surface area contributed by atoms with Crippen LogP contribution in [0.15, 0.2) is 24.3 Å². The smallest absolute Gasteiger partial charge is 0.161 e. The molecule has 2 aromatic rings. The molecule has 1 aliphatic heterocycles. The zero-order valence-electron chi connectivity index (χ0n) is 13.0. The quantitative estimate of drug-likeness (QED) is 0.947. The molecule has 0 radical (unpaired) electrons. The Labute approximate surface area is 130 Å². The Morgan fingerprint density at radius 2 is 2.18 bits per heavy atom. The van der Waals surface area contributed by atoms with Crippen LogP contribution in [0.3, 0.4) is 0 Å². The van der Waals surface area contributed by atoms with Gasteiger partial charge in [-0.25, -0.2) is 14.4 Å². The van der Waals surface area contributed by atoms with E-state index in [1.54, 1.807) is 6.07 Å². The fraction of sp³-hybridized carbons (Fsp3) is 0.412. The molecule has 2 N–H and O–H groups in total. The van der Waals surface area contributed by atoms with Crippen molar-refractivity contribution in [2.45, 2.75) is 32.7 Å². The van der Waals surface area contributed by atoms with E-state index in [0.29, 0.717) is 11.4 Å². The molecule has 116 valence electrons. The molecule has 5 heteroatoms. The van der Waals surface area contributed by atoms with Gasteiger partial charge in [0.1, 0.15) is 11.6 Å². The first kappa shape index (κ1) is 14.9. The number of aromatic nitrogens is 2. The summed E-state index contributed by atoms with van der Waals surface area (Å²) in [6.07, 6.45) is 1.85. The van der Waals surface area contributed by atoms with Crippen LogP contribution < -0.4 is 10.6 Å². The monoisotopic (exact) mass is 300 g/mol. The summed E-state index contributed by atoms with van der Waals surface area (Å²) in [5, 5.41) is 0. The van der Waals surface area contributed by atoms with Gasteiger partial charge in [-0.05, 0) is 31.9 Å². The van der Waals surface area contributed by atoms with Gasteiger partial charge in [0.15, 0.2) is 5.82 Å². The lowest BCUT2D eigenvalue weighted by molar-refractivity contribution is 0.628. The fourth-order valence-corrected chi connectivity index (χ4v) is 2.99. The Balaban J connectivity index is 2.08. The normalized spacial score (nSPS) is 18.0. The van der Waals surface area contributed by atoms with Gasteiger partial charge in [-0.15, -0.1) is 0 Å². The second kappa shape index (κ2) is 6.01. The third-order valence-corrected chi connectivity index (χ3v) is 4.15. The molecule has 1 aromatic heterocycles. The minimum atomic E-state index is -0.275. The number of benzene rings is 1. The molecule has 22 heavy (non-hydrogen) atoms.